The van der Waals surface area contributed by atoms with Gasteiger partial charge in [-0.1, -0.05) is 18.2 Å². The minimum absolute atomic E-state index is 0.679. The average molecular weight is 360 g/mol. The van der Waals surface area contributed by atoms with Crippen LogP contribution in [0.25, 0.3) is 20.7 Å². The fourth-order valence-electron chi connectivity index (χ4n) is 2.68. The fourth-order valence-corrected chi connectivity index (χ4v) is 3.88. The van der Waals surface area contributed by atoms with Gasteiger partial charge in [0.05, 0.1) is 16.4 Å². The molecule has 0 atom stereocenters. The first-order valence-electron chi connectivity index (χ1n) is 8.01. The number of rotatable bonds is 4. The number of nitrogens with zero attached hydrogens (tertiary/aromatic N) is 4. The van der Waals surface area contributed by atoms with Crippen LogP contribution in [0.2, 0.25) is 0 Å². The molecular formula is C19H16N6S. The van der Waals surface area contributed by atoms with Crippen LogP contribution in [-0.2, 0) is 0 Å². The van der Waals surface area contributed by atoms with Gasteiger partial charge in [0.2, 0.25) is 0 Å². The first-order chi connectivity index (χ1) is 12.7. The summed E-state index contributed by atoms with van der Waals surface area (Å²) in [6, 6.07) is 11.7. The number of hydrogen-bond acceptors (Lipinski definition) is 7. The summed E-state index contributed by atoms with van der Waals surface area (Å²) < 4.78 is 0.964. The Bertz CT molecular complexity index is 1090. The molecule has 7 heteroatoms. The molecule has 0 amide bonds. The Morgan fingerprint density at radius 2 is 2.12 bits per heavy atom. The molecule has 0 radical (unpaired) electrons. The summed E-state index contributed by atoms with van der Waals surface area (Å²) in [6.45, 7) is 2.06. The molecule has 0 aliphatic carbocycles. The maximum atomic E-state index is 5.93. The quantitative estimate of drug-likeness (QED) is 0.325. The average Bonchev–Trinajstić information content (AvgIpc) is 3.00. The van der Waals surface area contributed by atoms with Gasteiger partial charge in [-0.05, 0) is 36.2 Å². The predicted octanol–water partition coefficient (Wildman–Crippen LogP) is 4.09. The molecule has 0 aliphatic heterocycles. The van der Waals surface area contributed by atoms with Gasteiger partial charge < -0.3 is 5.73 Å². The van der Waals surface area contributed by atoms with Crippen molar-refractivity contribution in [1.82, 2.24) is 15.0 Å². The lowest BCUT2D eigenvalue weighted by atomic mass is 10.1. The summed E-state index contributed by atoms with van der Waals surface area (Å²) in [5, 5.41) is 4.27. The zero-order valence-corrected chi connectivity index (χ0v) is 14.9. The van der Waals surface area contributed by atoms with E-state index in [1.165, 1.54) is 0 Å². The molecule has 0 aliphatic rings. The highest BCUT2D eigenvalue weighted by Gasteiger charge is 2.15. The van der Waals surface area contributed by atoms with Crippen LogP contribution in [-0.4, -0.2) is 21.2 Å². The number of pyridine rings is 1. The molecule has 3 N–H and O–H groups in total. The molecule has 0 saturated carbocycles. The Labute approximate surface area is 154 Å². The molecule has 6 nitrogen and oxygen atoms in total. The molecule has 0 unspecified atom stereocenters. The summed E-state index contributed by atoms with van der Waals surface area (Å²) in [6.07, 6.45) is 6.73. The Hall–Kier alpha value is -3.32. The van der Waals surface area contributed by atoms with Gasteiger partial charge in [-0.25, -0.2) is 9.97 Å². The standard InChI is InChI=1S/C19H16N6S/c1-12-16-18(26-17(12)14-5-2-6-15(20)8-14)19(23-11-22-16)25-24-10-13-4-3-7-21-9-13/h2-11H,20H2,1H3,(H,22,23,25). The molecule has 3 heterocycles. The first kappa shape index (κ1) is 16.2. The van der Waals surface area contributed by atoms with Crippen molar-refractivity contribution in [2.24, 2.45) is 5.10 Å². The number of nitrogens with one attached hydrogen (secondary N) is 1. The van der Waals surface area contributed by atoms with Gasteiger partial charge in [0.15, 0.2) is 5.82 Å². The Kier molecular flexibility index (Phi) is 4.28. The van der Waals surface area contributed by atoms with Crippen LogP contribution in [0.1, 0.15) is 11.1 Å². The molecule has 128 valence electrons. The van der Waals surface area contributed by atoms with Crippen LogP contribution in [0, 0.1) is 6.92 Å². The summed E-state index contributed by atoms with van der Waals surface area (Å²) in [4.78, 5) is 14.0. The highest BCUT2D eigenvalue weighted by atomic mass is 32.1. The van der Waals surface area contributed by atoms with Crippen molar-refractivity contribution in [3.05, 3.63) is 66.2 Å². The molecular weight excluding hydrogens is 344 g/mol. The summed E-state index contributed by atoms with van der Waals surface area (Å²) >= 11 is 1.63. The Morgan fingerprint density at radius 3 is 2.92 bits per heavy atom. The van der Waals surface area contributed by atoms with Crippen LogP contribution >= 0.6 is 11.3 Å². The molecule has 0 spiro atoms. The van der Waals surface area contributed by atoms with Gasteiger partial charge in [-0.15, -0.1) is 11.3 Å². The number of anilines is 2. The lowest BCUT2D eigenvalue weighted by Gasteiger charge is -2.00. The summed E-state index contributed by atoms with van der Waals surface area (Å²) in [5.74, 6) is 0.679. The van der Waals surface area contributed by atoms with Crippen LogP contribution in [0.3, 0.4) is 0 Å². The molecule has 0 fully saturated rings. The van der Waals surface area contributed by atoms with E-state index in [9.17, 15) is 0 Å². The van der Waals surface area contributed by atoms with E-state index in [1.54, 1.807) is 36.3 Å². The number of hydrogen-bond donors (Lipinski definition) is 2. The van der Waals surface area contributed by atoms with E-state index in [2.05, 4.69) is 38.5 Å². The van der Waals surface area contributed by atoms with Crippen LogP contribution in [0.4, 0.5) is 11.5 Å². The lowest BCUT2D eigenvalue weighted by Crippen LogP contribution is -1.94. The Morgan fingerprint density at radius 1 is 1.19 bits per heavy atom. The number of benzene rings is 1. The van der Waals surface area contributed by atoms with E-state index in [1.807, 2.05) is 30.3 Å². The summed E-state index contributed by atoms with van der Waals surface area (Å²) in [5.41, 5.74) is 13.7. The van der Waals surface area contributed by atoms with Crippen molar-refractivity contribution in [3.8, 4) is 10.4 Å². The zero-order valence-electron chi connectivity index (χ0n) is 14.0. The Balaban J connectivity index is 1.70. The predicted molar refractivity (Wildman–Crippen MR) is 107 cm³/mol. The van der Waals surface area contributed by atoms with Crippen LogP contribution < -0.4 is 11.2 Å². The minimum Gasteiger partial charge on any atom is -0.399 e. The molecule has 4 rings (SSSR count). The van der Waals surface area contributed by atoms with Gasteiger partial charge in [0.1, 0.15) is 6.33 Å². The molecule has 0 bridgehead atoms. The van der Waals surface area contributed by atoms with E-state index in [-0.39, 0.29) is 0 Å². The van der Waals surface area contributed by atoms with Crippen molar-refractivity contribution < 1.29 is 0 Å². The molecule has 3 aromatic heterocycles. The first-order valence-corrected chi connectivity index (χ1v) is 8.83. The van der Waals surface area contributed by atoms with Crippen LogP contribution in [0.5, 0.6) is 0 Å². The largest absolute Gasteiger partial charge is 0.399 e. The van der Waals surface area contributed by atoms with E-state index >= 15 is 0 Å². The zero-order chi connectivity index (χ0) is 17.9. The van der Waals surface area contributed by atoms with Crippen molar-refractivity contribution in [3.63, 3.8) is 0 Å². The topological polar surface area (TPSA) is 89.1 Å². The summed E-state index contributed by atoms with van der Waals surface area (Å²) in [7, 11) is 0. The second-order valence-corrected chi connectivity index (χ2v) is 6.76. The van der Waals surface area contributed by atoms with Crippen molar-refractivity contribution in [2.75, 3.05) is 11.2 Å². The van der Waals surface area contributed by atoms with Gasteiger partial charge >= 0.3 is 0 Å². The number of fused-ring (bicyclic) bond motifs is 1. The maximum Gasteiger partial charge on any atom is 0.167 e. The monoisotopic (exact) mass is 360 g/mol. The number of nitrogens with two attached hydrogens (primary N) is 1. The smallest absolute Gasteiger partial charge is 0.167 e. The van der Waals surface area contributed by atoms with E-state index in [0.29, 0.717) is 5.82 Å². The number of nitrogen functional groups attached to an aromatic ring is 1. The van der Waals surface area contributed by atoms with Gasteiger partial charge in [-0.3, -0.25) is 10.4 Å². The normalized spacial score (nSPS) is 11.3. The minimum atomic E-state index is 0.679. The third-order valence-corrected chi connectivity index (χ3v) is 5.26. The molecule has 0 saturated heterocycles. The van der Waals surface area contributed by atoms with E-state index in [0.717, 1.165) is 37.5 Å². The van der Waals surface area contributed by atoms with Crippen LogP contribution in [0.15, 0.2) is 60.2 Å². The number of hydrazone groups is 1. The molecule has 4 aromatic rings. The van der Waals surface area contributed by atoms with Crippen molar-refractivity contribution >= 4 is 39.3 Å². The molecule has 1 aromatic carbocycles. The third kappa shape index (κ3) is 3.12. The van der Waals surface area contributed by atoms with Gasteiger partial charge in [-0.2, -0.15) is 5.10 Å². The maximum absolute atomic E-state index is 5.93. The van der Waals surface area contributed by atoms with Crippen molar-refractivity contribution in [2.45, 2.75) is 6.92 Å². The van der Waals surface area contributed by atoms with Gasteiger partial charge in [0.25, 0.3) is 0 Å². The lowest BCUT2D eigenvalue weighted by molar-refractivity contribution is 1.18. The fraction of sp³-hybridized carbons (Fsp3) is 0.0526. The van der Waals surface area contributed by atoms with E-state index in [4.69, 9.17) is 5.73 Å². The van der Waals surface area contributed by atoms with Crippen molar-refractivity contribution in [1.29, 1.82) is 0 Å². The third-order valence-electron chi connectivity index (χ3n) is 3.92. The number of aryl methyl sites for hydroxylation is 1. The second kappa shape index (κ2) is 6.89. The number of thiophene rings is 1. The SMILES string of the molecule is Cc1c(-c2cccc(N)c2)sc2c(NN=Cc3cccnc3)ncnc12. The molecule has 26 heavy (non-hydrogen) atoms. The second-order valence-electron chi connectivity index (χ2n) is 5.74. The van der Waals surface area contributed by atoms with Gasteiger partial charge in [0, 0.05) is 28.5 Å². The highest BCUT2D eigenvalue weighted by Crippen LogP contribution is 2.39. The number of aromatic nitrogens is 3. The van der Waals surface area contributed by atoms with E-state index < -0.39 is 0 Å². The highest BCUT2D eigenvalue weighted by molar-refractivity contribution is 7.23.